The molecule has 1 saturated heterocycles. The Balaban J connectivity index is 1.91. The van der Waals surface area contributed by atoms with Crippen molar-refractivity contribution in [2.75, 3.05) is 13.1 Å². The molecule has 2 rings (SSSR count). The van der Waals surface area contributed by atoms with E-state index in [1.165, 1.54) is 4.90 Å². The molecule has 0 bridgehead atoms. The normalized spacial score (nSPS) is 33.5. The summed E-state index contributed by atoms with van der Waals surface area (Å²) in [6.07, 6.45) is 3.49. The Morgan fingerprint density at radius 2 is 1.88 bits per heavy atom. The van der Waals surface area contributed by atoms with Gasteiger partial charge in [-0.1, -0.05) is 0 Å². The Labute approximate surface area is 100 Å². The number of hydrogen-bond donors (Lipinski definition) is 1. The summed E-state index contributed by atoms with van der Waals surface area (Å²) in [4.78, 5) is 13.5. The van der Waals surface area contributed by atoms with Crippen LogP contribution in [0.15, 0.2) is 0 Å². The number of hydrogen-bond acceptors (Lipinski definition) is 2. The molecule has 1 aliphatic heterocycles. The minimum absolute atomic E-state index is 0.0799. The van der Waals surface area contributed by atoms with Crippen molar-refractivity contribution in [2.24, 2.45) is 11.7 Å². The van der Waals surface area contributed by atoms with E-state index in [2.05, 4.69) is 0 Å². The third kappa shape index (κ3) is 3.15. The van der Waals surface area contributed by atoms with Crippen molar-refractivity contribution in [3.63, 3.8) is 0 Å². The van der Waals surface area contributed by atoms with Crippen LogP contribution in [0.3, 0.4) is 0 Å². The smallest absolute Gasteiger partial charge is 0.265 e. The summed E-state index contributed by atoms with van der Waals surface area (Å²) < 4.78 is 26.5. The Bertz CT molecular complexity index is 288. The molecule has 2 aliphatic rings. The van der Waals surface area contributed by atoms with Crippen molar-refractivity contribution >= 4 is 5.91 Å². The Morgan fingerprint density at radius 1 is 1.24 bits per heavy atom. The number of amides is 1. The number of nitrogens with two attached hydrogens (primary N) is 1. The first-order chi connectivity index (χ1) is 7.98. The summed E-state index contributed by atoms with van der Waals surface area (Å²) in [7, 11) is 0. The predicted molar refractivity (Wildman–Crippen MR) is 60.7 cm³/mol. The van der Waals surface area contributed by atoms with Crippen LogP contribution in [0.25, 0.3) is 0 Å². The highest BCUT2D eigenvalue weighted by Gasteiger charge is 2.39. The fourth-order valence-electron chi connectivity index (χ4n) is 2.78. The number of carbonyl (C=O) groups excluding carboxylic acids is 1. The van der Waals surface area contributed by atoms with Crippen LogP contribution in [0, 0.1) is 5.92 Å². The summed E-state index contributed by atoms with van der Waals surface area (Å²) in [6.45, 7) is 0.0887. The maximum atomic E-state index is 13.2. The summed E-state index contributed by atoms with van der Waals surface area (Å²) in [5, 5.41) is 0. The lowest BCUT2D eigenvalue weighted by molar-refractivity contribution is -0.146. The van der Waals surface area contributed by atoms with Gasteiger partial charge < -0.3 is 10.6 Å². The zero-order valence-electron chi connectivity index (χ0n) is 10.0. The van der Waals surface area contributed by atoms with Crippen LogP contribution in [0.4, 0.5) is 8.78 Å². The van der Waals surface area contributed by atoms with Gasteiger partial charge in [0.05, 0.1) is 6.54 Å². The van der Waals surface area contributed by atoms with Crippen molar-refractivity contribution in [3.8, 4) is 0 Å². The third-order valence-corrected chi connectivity index (χ3v) is 3.83. The summed E-state index contributed by atoms with van der Waals surface area (Å²) in [5.41, 5.74) is 5.77. The second kappa shape index (κ2) is 4.88. The molecule has 0 unspecified atom stereocenters. The van der Waals surface area contributed by atoms with Gasteiger partial charge in [-0.15, -0.1) is 0 Å². The molecule has 0 atom stereocenters. The Kier molecular flexibility index (Phi) is 3.66. The van der Waals surface area contributed by atoms with E-state index < -0.39 is 12.5 Å². The van der Waals surface area contributed by atoms with Gasteiger partial charge in [-0.05, 0) is 32.1 Å². The number of halogens is 2. The summed E-state index contributed by atoms with van der Waals surface area (Å²) >= 11 is 0. The van der Waals surface area contributed by atoms with Gasteiger partial charge in [0.2, 0.25) is 5.91 Å². The van der Waals surface area contributed by atoms with E-state index in [1.54, 1.807) is 0 Å². The second-order valence-corrected chi connectivity index (χ2v) is 5.33. The number of alkyl halides is 2. The molecular weight excluding hydrogens is 226 g/mol. The number of nitrogens with zero attached hydrogens (tertiary/aromatic N) is 1. The first kappa shape index (κ1) is 12.7. The van der Waals surface area contributed by atoms with E-state index in [9.17, 15) is 13.6 Å². The summed E-state index contributed by atoms with van der Waals surface area (Å²) in [6, 6.07) is 0.182. The van der Waals surface area contributed by atoms with Crippen molar-refractivity contribution in [3.05, 3.63) is 0 Å². The van der Waals surface area contributed by atoms with Crippen LogP contribution in [-0.2, 0) is 4.79 Å². The molecule has 1 heterocycles. The highest BCUT2D eigenvalue weighted by atomic mass is 19.3. The quantitative estimate of drug-likeness (QED) is 0.766. The minimum atomic E-state index is -2.70. The molecule has 3 nitrogen and oxygen atoms in total. The zero-order chi connectivity index (χ0) is 12.5. The Hall–Kier alpha value is -0.710. The molecule has 17 heavy (non-hydrogen) atoms. The summed E-state index contributed by atoms with van der Waals surface area (Å²) in [5.74, 6) is -2.86. The average Bonchev–Trinajstić information content (AvgIpc) is 2.28. The number of likely N-dealkylation sites (tertiary alicyclic amines) is 1. The molecule has 0 radical (unpaired) electrons. The Morgan fingerprint density at radius 3 is 2.47 bits per heavy atom. The van der Waals surface area contributed by atoms with Crippen molar-refractivity contribution in [2.45, 2.75) is 50.5 Å². The number of rotatable bonds is 1. The lowest BCUT2D eigenvalue weighted by Crippen LogP contribution is -2.48. The van der Waals surface area contributed by atoms with Gasteiger partial charge in [0, 0.05) is 24.9 Å². The largest absolute Gasteiger partial charge is 0.336 e. The SMILES string of the molecule is NC1CCC(C(=O)N2CCCC(F)(F)C2)CC1. The van der Waals surface area contributed by atoms with Gasteiger partial charge in [-0.25, -0.2) is 8.78 Å². The van der Waals surface area contributed by atoms with Gasteiger partial charge in [0.25, 0.3) is 5.92 Å². The molecule has 0 aromatic carbocycles. The van der Waals surface area contributed by atoms with E-state index in [-0.39, 0.29) is 24.3 Å². The van der Waals surface area contributed by atoms with Crippen LogP contribution < -0.4 is 5.73 Å². The van der Waals surface area contributed by atoms with Crippen LogP contribution in [-0.4, -0.2) is 35.9 Å². The van der Waals surface area contributed by atoms with Gasteiger partial charge in [-0.3, -0.25) is 4.79 Å². The van der Waals surface area contributed by atoms with Crippen LogP contribution in [0.1, 0.15) is 38.5 Å². The molecule has 0 aromatic heterocycles. The fraction of sp³-hybridized carbons (Fsp3) is 0.917. The average molecular weight is 246 g/mol. The molecule has 1 saturated carbocycles. The van der Waals surface area contributed by atoms with Crippen molar-refractivity contribution < 1.29 is 13.6 Å². The van der Waals surface area contributed by atoms with E-state index in [1.807, 2.05) is 0 Å². The number of carbonyl (C=O) groups is 1. The standard InChI is InChI=1S/C12H20F2N2O/c13-12(14)6-1-7-16(8-12)11(17)9-2-4-10(15)5-3-9/h9-10H,1-8,15H2. The maximum absolute atomic E-state index is 13.2. The highest BCUT2D eigenvalue weighted by Crippen LogP contribution is 2.30. The van der Waals surface area contributed by atoms with E-state index in [4.69, 9.17) is 5.73 Å². The van der Waals surface area contributed by atoms with Crippen molar-refractivity contribution in [1.82, 2.24) is 4.90 Å². The minimum Gasteiger partial charge on any atom is -0.336 e. The zero-order valence-corrected chi connectivity index (χ0v) is 10.0. The maximum Gasteiger partial charge on any atom is 0.265 e. The molecule has 2 N–H and O–H groups in total. The molecule has 2 fully saturated rings. The van der Waals surface area contributed by atoms with Crippen LogP contribution in [0.2, 0.25) is 0 Å². The van der Waals surface area contributed by atoms with Gasteiger partial charge >= 0.3 is 0 Å². The monoisotopic (exact) mass is 246 g/mol. The van der Waals surface area contributed by atoms with Crippen LogP contribution >= 0.6 is 0 Å². The predicted octanol–water partition coefficient (Wildman–Crippen LogP) is 1.76. The van der Waals surface area contributed by atoms with Gasteiger partial charge in [0.15, 0.2) is 0 Å². The van der Waals surface area contributed by atoms with E-state index in [0.29, 0.717) is 13.0 Å². The lowest BCUT2D eigenvalue weighted by atomic mass is 9.85. The third-order valence-electron chi connectivity index (χ3n) is 3.83. The number of piperidine rings is 1. The molecular formula is C12H20F2N2O. The van der Waals surface area contributed by atoms with Gasteiger partial charge in [-0.2, -0.15) is 0 Å². The fourth-order valence-corrected chi connectivity index (χ4v) is 2.78. The van der Waals surface area contributed by atoms with Crippen molar-refractivity contribution in [1.29, 1.82) is 0 Å². The lowest BCUT2D eigenvalue weighted by Gasteiger charge is -2.36. The van der Waals surface area contributed by atoms with E-state index >= 15 is 0 Å². The molecule has 1 amide bonds. The molecule has 1 aliphatic carbocycles. The molecule has 0 spiro atoms. The van der Waals surface area contributed by atoms with Gasteiger partial charge in [0.1, 0.15) is 0 Å². The first-order valence-corrected chi connectivity index (χ1v) is 6.40. The van der Waals surface area contributed by atoms with Crippen LogP contribution in [0.5, 0.6) is 0 Å². The highest BCUT2D eigenvalue weighted by molar-refractivity contribution is 5.79. The molecule has 98 valence electrons. The molecule has 0 aromatic rings. The molecule has 5 heteroatoms. The second-order valence-electron chi connectivity index (χ2n) is 5.33. The topological polar surface area (TPSA) is 46.3 Å². The first-order valence-electron chi connectivity index (χ1n) is 6.40. The van der Waals surface area contributed by atoms with E-state index in [0.717, 1.165) is 25.7 Å².